The number of hydrogen-bond donors (Lipinski definition) is 0. The maximum atomic E-state index is 12.8. The number of hydrogen-bond acceptors (Lipinski definition) is 4. The predicted molar refractivity (Wildman–Crippen MR) is 88.0 cm³/mol. The monoisotopic (exact) mass is 370 g/mol. The molecule has 0 radical (unpaired) electrons. The third kappa shape index (κ3) is 3.68. The fourth-order valence-electron chi connectivity index (χ4n) is 2.60. The number of rotatable bonds is 5. The smallest absolute Gasteiger partial charge is 0.244 e. The van der Waals surface area contributed by atoms with Crippen molar-refractivity contribution >= 4 is 21.6 Å². The Balaban J connectivity index is 1.62. The zero-order valence-corrected chi connectivity index (χ0v) is 14.3. The minimum atomic E-state index is -3.61. The van der Waals surface area contributed by atoms with Crippen molar-refractivity contribution in [2.24, 2.45) is 5.92 Å². The lowest BCUT2D eigenvalue weighted by Gasteiger charge is -2.17. The van der Waals surface area contributed by atoms with Gasteiger partial charge in [0.15, 0.2) is 0 Å². The molecule has 128 valence electrons. The van der Waals surface area contributed by atoms with Gasteiger partial charge in [-0.15, -0.1) is 0 Å². The molecule has 24 heavy (non-hydrogen) atoms. The van der Waals surface area contributed by atoms with Crippen LogP contribution in [0.5, 0.6) is 5.88 Å². The van der Waals surface area contributed by atoms with E-state index in [1.165, 1.54) is 22.5 Å². The Morgan fingerprint density at radius 1 is 1.29 bits per heavy atom. The van der Waals surface area contributed by atoms with Crippen molar-refractivity contribution in [3.05, 3.63) is 53.4 Å². The van der Waals surface area contributed by atoms with E-state index in [4.69, 9.17) is 16.3 Å². The van der Waals surface area contributed by atoms with E-state index < -0.39 is 15.8 Å². The van der Waals surface area contributed by atoms with Crippen LogP contribution in [0.15, 0.2) is 47.5 Å². The minimum absolute atomic E-state index is 0.0501. The summed E-state index contributed by atoms with van der Waals surface area (Å²) in [5.41, 5.74) is 0. The molecule has 1 aromatic carbocycles. The molecule has 1 aliphatic rings. The normalized spacial score (nSPS) is 18.7. The molecule has 1 aromatic heterocycles. The third-order valence-corrected chi connectivity index (χ3v) is 6.24. The highest BCUT2D eigenvalue weighted by atomic mass is 35.5. The number of aromatic nitrogens is 1. The molecule has 1 atom stereocenters. The van der Waals surface area contributed by atoms with Gasteiger partial charge in [-0.2, -0.15) is 4.31 Å². The molecule has 0 saturated carbocycles. The summed E-state index contributed by atoms with van der Waals surface area (Å²) >= 11 is 6.01. The quantitative estimate of drug-likeness (QED) is 0.811. The Labute approximate surface area is 145 Å². The van der Waals surface area contributed by atoms with Gasteiger partial charge in [-0.25, -0.2) is 17.8 Å². The fraction of sp³-hybridized carbons (Fsp3) is 0.312. The standard InChI is InChI=1S/C16H16ClFN2O3S/c17-14-3-1-2-4-15(14)24(21,22)20-8-7-12(10-20)11-23-16-6-5-13(18)9-19-16/h1-6,9,12H,7-8,10-11H2. The van der Waals surface area contributed by atoms with E-state index in [1.807, 2.05) is 0 Å². The Morgan fingerprint density at radius 2 is 2.08 bits per heavy atom. The van der Waals surface area contributed by atoms with Gasteiger partial charge in [-0.05, 0) is 24.6 Å². The van der Waals surface area contributed by atoms with Gasteiger partial charge >= 0.3 is 0 Å². The van der Waals surface area contributed by atoms with E-state index in [1.54, 1.807) is 18.2 Å². The largest absolute Gasteiger partial charge is 0.477 e. The summed E-state index contributed by atoms with van der Waals surface area (Å²) in [6.45, 7) is 1.10. The molecular weight excluding hydrogens is 355 g/mol. The number of pyridine rings is 1. The lowest BCUT2D eigenvalue weighted by molar-refractivity contribution is 0.246. The summed E-state index contributed by atoms with van der Waals surface area (Å²) in [5, 5.41) is 0.215. The van der Waals surface area contributed by atoms with Gasteiger partial charge in [0.25, 0.3) is 0 Å². The molecule has 0 bridgehead atoms. The zero-order valence-electron chi connectivity index (χ0n) is 12.7. The van der Waals surface area contributed by atoms with Crippen LogP contribution in [0.1, 0.15) is 6.42 Å². The van der Waals surface area contributed by atoms with Crippen molar-refractivity contribution in [2.45, 2.75) is 11.3 Å². The van der Waals surface area contributed by atoms with Crippen LogP contribution >= 0.6 is 11.6 Å². The summed E-state index contributed by atoms with van der Waals surface area (Å²) in [5.74, 6) is -0.0573. The first-order chi connectivity index (χ1) is 11.5. The summed E-state index contributed by atoms with van der Waals surface area (Å²) in [7, 11) is -3.61. The van der Waals surface area contributed by atoms with Crippen LogP contribution < -0.4 is 4.74 Å². The first-order valence-corrected chi connectivity index (χ1v) is 9.27. The van der Waals surface area contributed by atoms with Gasteiger partial charge in [0, 0.05) is 25.1 Å². The van der Waals surface area contributed by atoms with Crippen LogP contribution in [-0.2, 0) is 10.0 Å². The minimum Gasteiger partial charge on any atom is -0.477 e. The molecule has 0 spiro atoms. The summed E-state index contributed by atoms with van der Waals surface area (Å²) in [6.07, 6.45) is 1.77. The molecule has 1 fully saturated rings. The van der Waals surface area contributed by atoms with Gasteiger partial charge < -0.3 is 4.74 Å². The highest BCUT2D eigenvalue weighted by Crippen LogP contribution is 2.28. The molecule has 1 aliphatic heterocycles. The first-order valence-electron chi connectivity index (χ1n) is 7.46. The number of halogens is 2. The Morgan fingerprint density at radius 3 is 2.79 bits per heavy atom. The molecule has 0 N–H and O–H groups in total. The van der Waals surface area contributed by atoms with E-state index in [2.05, 4.69) is 4.98 Å². The van der Waals surface area contributed by atoms with Crippen LogP contribution in [0.4, 0.5) is 4.39 Å². The number of ether oxygens (including phenoxy) is 1. The van der Waals surface area contributed by atoms with E-state index in [9.17, 15) is 12.8 Å². The highest BCUT2D eigenvalue weighted by molar-refractivity contribution is 7.89. The van der Waals surface area contributed by atoms with Crippen molar-refractivity contribution in [3.8, 4) is 5.88 Å². The zero-order chi connectivity index (χ0) is 17.2. The Kier molecular flexibility index (Phi) is 5.03. The van der Waals surface area contributed by atoms with Gasteiger partial charge in [-0.1, -0.05) is 23.7 Å². The van der Waals surface area contributed by atoms with Crippen LogP contribution in [0.25, 0.3) is 0 Å². The van der Waals surface area contributed by atoms with Crippen LogP contribution in [0.3, 0.4) is 0 Å². The van der Waals surface area contributed by atoms with Crippen molar-refractivity contribution in [1.82, 2.24) is 9.29 Å². The van der Waals surface area contributed by atoms with Gasteiger partial charge in [-0.3, -0.25) is 0 Å². The molecule has 3 rings (SSSR count). The summed E-state index contributed by atoms with van der Waals surface area (Å²) in [6, 6.07) is 9.12. The van der Waals surface area contributed by atoms with Crippen molar-refractivity contribution in [2.75, 3.05) is 19.7 Å². The van der Waals surface area contributed by atoms with E-state index in [0.717, 1.165) is 6.20 Å². The lowest BCUT2D eigenvalue weighted by Crippen LogP contribution is -2.30. The van der Waals surface area contributed by atoms with Crippen molar-refractivity contribution in [1.29, 1.82) is 0 Å². The maximum Gasteiger partial charge on any atom is 0.244 e. The van der Waals surface area contributed by atoms with Gasteiger partial charge in [0.05, 0.1) is 17.8 Å². The summed E-state index contributed by atoms with van der Waals surface area (Å²) < 4.78 is 45.0. The van der Waals surface area contributed by atoms with E-state index in [-0.39, 0.29) is 15.8 Å². The number of nitrogens with zero attached hydrogens (tertiary/aromatic N) is 2. The molecule has 0 aliphatic carbocycles. The van der Waals surface area contributed by atoms with Crippen LogP contribution in [0.2, 0.25) is 5.02 Å². The predicted octanol–water partition coefficient (Wildman–Crippen LogP) is 2.96. The molecule has 2 heterocycles. The molecule has 8 heteroatoms. The lowest BCUT2D eigenvalue weighted by atomic mass is 10.1. The summed E-state index contributed by atoms with van der Waals surface area (Å²) in [4.78, 5) is 3.94. The van der Waals surface area contributed by atoms with E-state index in [0.29, 0.717) is 32.0 Å². The number of sulfonamides is 1. The SMILES string of the molecule is O=S(=O)(c1ccccc1Cl)N1CCC(COc2ccc(F)cn2)C1. The third-order valence-electron chi connectivity index (χ3n) is 3.87. The molecule has 0 amide bonds. The van der Waals surface area contributed by atoms with Crippen LogP contribution in [-0.4, -0.2) is 37.4 Å². The maximum absolute atomic E-state index is 12.8. The average molecular weight is 371 g/mol. The average Bonchev–Trinajstić information content (AvgIpc) is 3.04. The van der Waals surface area contributed by atoms with Crippen LogP contribution in [0, 0.1) is 11.7 Å². The van der Waals surface area contributed by atoms with E-state index >= 15 is 0 Å². The fourth-order valence-corrected chi connectivity index (χ4v) is 4.62. The van der Waals surface area contributed by atoms with Crippen molar-refractivity contribution in [3.63, 3.8) is 0 Å². The molecule has 1 unspecified atom stereocenters. The highest BCUT2D eigenvalue weighted by Gasteiger charge is 2.33. The first kappa shape index (κ1) is 17.1. The van der Waals surface area contributed by atoms with Gasteiger partial charge in [0.1, 0.15) is 10.7 Å². The molecule has 1 saturated heterocycles. The second-order valence-corrected chi connectivity index (χ2v) is 7.89. The second-order valence-electron chi connectivity index (χ2n) is 5.57. The van der Waals surface area contributed by atoms with Gasteiger partial charge in [0.2, 0.25) is 15.9 Å². The molecular formula is C16H16ClFN2O3S. The Bertz CT molecular complexity index is 814. The number of benzene rings is 1. The second kappa shape index (κ2) is 7.04. The Hall–Kier alpha value is -1.70. The van der Waals surface area contributed by atoms with Crippen molar-refractivity contribution < 1.29 is 17.5 Å². The molecule has 2 aromatic rings. The topological polar surface area (TPSA) is 59.5 Å². The molecule has 5 nitrogen and oxygen atoms in total.